The minimum absolute atomic E-state index is 0.0149. The molecule has 1 aliphatic heterocycles. The molecule has 2 aromatic carbocycles. The standard InChI is InChI=1S/C23H22N4O7S2/c1-33-17-9-8-14(11-18(17)34-2)12-19-22(30)26(23(35)36-19)10-4-7-20(28)24-25-21(29)15-5-3-6-16(13-15)27(31)32/h3,5-6,8-9,11-13H,4,7,10H2,1-2H3,(H,24,28)(H,25,29). The number of non-ortho nitro benzene ring substituents is 1. The zero-order valence-corrected chi connectivity index (χ0v) is 20.9. The van der Waals surface area contributed by atoms with E-state index in [1.807, 2.05) is 0 Å². The van der Waals surface area contributed by atoms with Gasteiger partial charge < -0.3 is 9.47 Å². The summed E-state index contributed by atoms with van der Waals surface area (Å²) in [5.74, 6) is -0.337. The van der Waals surface area contributed by atoms with Crippen LogP contribution in [0.2, 0.25) is 0 Å². The van der Waals surface area contributed by atoms with Crippen molar-refractivity contribution >= 4 is 57.8 Å². The lowest BCUT2D eigenvalue weighted by molar-refractivity contribution is -0.384. The lowest BCUT2D eigenvalue weighted by atomic mass is 10.2. The molecular weight excluding hydrogens is 508 g/mol. The molecule has 1 saturated heterocycles. The Labute approximate surface area is 215 Å². The molecule has 1 aliphatic rings. The summed E-state index contributed by atoms with van der Waals surface area (Å²) < 4.78 is 10.9. The molecule has 0 unspecified atom stereocenters. The van der Waals surface area contributed by atoms with E-state index in [2.05, 4.69) is 10.9 Å². The van der Waals surface area contributed by atoms with Gasteiger partial charge >= 0.3 is 0 Å². The van der Waals surface area contributed by atoms with Crippen LogP contribution in [0.3, 0.4) is 0 Å². The predicted octanol–water partition coefficient (Wildman–Crippen LogP) is 3.05. The second-order valence-electron chi connectivity index (χ2n) is 7.36. The molecule has 188 valence electrons. The Morgan fingerprint density at radius 2 is 1.89 bits per heavy atom. The van der Waals surface area contributed by atoms with Crippen molar-refractivity contribution in [2.45, 2.75) is 12.8 Å². The number of hydrazine groups is 1. The van der Waals surface area contributed by atoms with Gasteiger partial charge in [0, 0.05) is 30.7 Å². The van der Waals surface area contributed by atoms with Crippen LogP contribution in [-0.2, 0) is 9.59 Å². The summed E-state index contributed by atoms with van der Waals surface area (Å²) in [6.45, 7) is 0.222. The van der Waals surface area contributed by atoms with Crippen molar-refractivity contribution in [1.29, 1.82) is 0 Å². The van der Waals surface area contributed by atoms with Gasteiger partial charge in [-0.15, -0.1) is 0 Å². The van der Waals surface area contributed by atoms with Crippen LogP contribution in [0.4, 0.5) is 5.69 Å². The average Bonchev–Trinajstić information content (AvgIpc) is 3.14. The van der Waals surface area contributed by atoms with Gasteiger partial charge in [-0.25, -0.2) is 0 Å². The highest BCUT2D eigenvalue weighted by Crippen LogP contribution is 2.34. The number of amides is 3. The smallest absolute Gasteiger partial charge is 0.270 e. The summed E-state index contributed by atoms with van der Waals surface area (Å²) in [6, 6.07) is 10.4. The molecule has 0 aromatic heterocycles. The van der Waals surface area contributed by atoms with Crippen molar-refractivity contribution in [3.8, 4) is 11.5 Å². The van der Waals surface area contributed by atoms with E-state index in [9.17, 15) is 24.5 Å². The number of hydrogen-bond donors (Lipinski definition) is 2. The third-order valence-corrected chi connectivity index (χ3v) is 6.38. The van der Waals surface area contributed by atoms with Gasteiger partial charge in [0.05, 0.1) is 24.0 Å². The summed E-state index contributed by atoms with van der Waals surface area (Å²) in [5, 5.41) is 10.8. The number of nitro benzene ring substituents is 1. The zero-order chi connectivity index (χ0) is 26.2. The number of thioether (sulfide) groups is 1. The fraction of sp³-hybridized carbons (Fsp3) is 0.217. The fourth-order valence-corrected chi connectivity index (χ4v) is 4.51. The summed E-state index contributed by atoms with van der Waals surface area (Å²) in [7, 11) is 3.06. The van der Waals surface area contributed by atoms with Crippen LogP contribution in [0.25, 0.3) is 6.08 Å². The Morgan fingerprint density at radius 1 is 1.14 bits per heavy atom. The molecule has 3 rings (SSSR count). The van der Waals surface area contributed by atoms with Crippen LogP contribution in [0.5, 0.6) is 11.5 Å². The van der Waals surface area contributed by atoms with E-state index < -0.39 is 16.7 Å². The SMILES string of the molecule is COc1ccc(C=C2SC(=S)N(CCCC(=O)NNC(=O)c3cccc([N+](=O)[O-])c3)C2=O)cc1OC. The van der Waals surface area contributed by atoms with E-state index in [1.165, 1.54) is 49.1 Å². The van der Waals surface area contributed by atoms with Crippen molar-refractivity contribution in [2.75, 3.05) is 20.8 Å². The van der Waals surface area contributed by atoms with E-state index in [-0.39, 0.29) is 30.1 Å². The van der Waals surface area contributed by atoms with Crippen LogP contribution in [-0.4, -0.2) is 52.6 Å². The first-order valence-corrected chi connectivity index (χ1v) is 11.8. The van der Waals surface area contributed by atoms with Crippen molar-refractivity contribution in [3.63, 3.8) is 0 Å². The number of rotatable bonds is 9. The average molecular weight is 531 g/mol. The van der Waals surface area contributed by atoms with E-state index in [0.717, 1.165) is 11.6 Å². The summed E-state index contributed by atoms with van der Waals surface area (Å²) in [4.78, 5) is 49.1. The summed E-state index contributed by atoms with van der Waals surface area (Å²) in [5.41, 5.74) is 5.00. The monoisotopic (exact) mass is 530 g/mol. The molecule has 0 aliphatic carbocycles. The third-order valence-electron chi connectivity index (χ3n) is 5.00. The number of ether oxygens (including phenoxy) is 2. The number of hydrogen-bond acceptors (Lipinski definition) is 9. The molecule has 2 N–H and O–H groups in total. The van der Waals surface area contributed by atoms with Crippen molar-refractivity contribution in [2.24, 2.45) is 0 Å². The van der Waals surface area contributed by atoms with Crippen LogP contribution >= 0.6 is 24.0 Å². The fourth-order valence-electron chi connectivity index (χ4n) is 3.21. The predicted molar refractivity (Wildman–Crippen MR) is 137 cm³/mol. The van der Waals surface area contributed by atoms with Crippen LogP contribution in [0.1, 0.15) is 28.8 Å². The summed E-state index contributed by atoms with van der Waals surface area (Å²) in [6.07, 6.45) is 2.02. The molecule has 36 heavy (non-hydrogen) atoms. The Bertz CT molecular complexity index is 1250. The van der Waals surface area contributed by atoms with Crippen LogP contribution in [0, 0.1) is 10.1 Å². The first-order valence-electron chi connectivity index (χ1n) is 10.5. The van der Waals surface area contributed by atoms with E-state index in [4.69, 9.17) is 21.7 Å². The highest BCUT2D eigenvalue weighted by molar-refractivity contribution is 8.26. The Hall–Kier alpha value is -3.97. The number of nitrogens with zero attached hydrogens (tertiary/aromatic N) is 2. The van der Waals surface area contributed by atoms with Crippen LogP contribution in [0.15, 0.2) is 47.4 Å². The van der Waals surface area contributed by atoms with E-state index in [1.54, 1.807) is 24.3 Å². The maximum absolute atomic E-state index is 12.8. The number of methoxy groups -OCH3 is 2. The van der Waals surface area contributed by atoms with Gasteiger partial charge in [-0.2, -0.15) is 0 Å². The molecule has 0 saturated carbocycles. The van der Waals surface area contributed by atoms with Gasteiger partial charge in [0.2, 0.25) is 5.91 Å². The summed E-state index contributed by atoms with van der Waals surface area (Å²) >= 11 is 6.49. The van der Waals surface area contributed by atoms with Crippen molar-refractivity contribution < 1.29 is 28.8 Å². The number of carbonyl (C=O) groups excluding carboxylic acids is 3. The van der Waals surface area contributed by atoms with Crippen LogP contribution < -0.4 is 20.3 Å². The van der Waals surface area contributed by atoms with Gasteiger partial charge in [0.1, 0.15) is 4.32 Å². The molecule has 13 heteroatoms. The molecule has 1 fully saturated rings. The first kappa shape index (κ1) is 26.6. The molecule has 11 nitrogen and oxygen atoms in total. The molecule has 0 atom stereocenters. The molecule has 2 aromatic rings. The molecular formula is C23H22N4O7S2. The molecule has 0 bridgehead atoms. The minimum Gasteiger partial charge on any atom is -0.493 e. The largest absolute Gasteiger partial charge is 0.493 e. The highest BCUT2D eigenvalue weighted by Gasteiger charge is 2.31. The van der Waals surface area contributed by atoms with Gasteiger partial charge in [0.15, 0.2) is 11.5 Å². The normalized spacial score (nSPS) is 14.1. The van der Waals surface area contributed by atoms with E-state index >= 15 is 0 Å². The lowest BCUT2D eigenvalue weighted by Crippen LogP contribution is -2.41. The number of carbonyl (C=O) groups is 3. The molecule has 0 radical (unpaired) electrons. The Kier molecular flexibility index (Phi) is 8.97. The Balaban J connectivity index is 1.50. The number of nitrogens with one attached hydrogen (secondary N) is 2. The number of benzene rings is 2. The first-order chi connectivity index (χ1) is 17.2. The van der Waals surface area contributed by atoms with E-state index in [0.29, 0.717) is 27.1 Å². The zero-order valence-electron chi connectivity index (χ0n) is 19.3. The maximum Gasteiger partial charge on any atom is 0.270 e. The maximum atomic E-state index is 12.8. The second kappa shape index (κ2) is 12.1. The second-order valence-corrected chi connectivity index (χ2v) is 9.04. The minimum atomic E-state index is -0.690. The van der Waals surface area contributed by atoms with Gasteiger partial charge in [-0.3, -0.25) is 40.2 Å². The van der Waals surface area contributed by atoms with Gasteiger partial charge in [-0.1, -0.05) is 36.1 Å². The van der Waals surface area contributed by atoms with Gasteiger partial charge in [0.25, 0.3) is 17.5 Å². The lowest BCUT2D eigenvalue weighted by Gasteiger charge is -2.14. The number of thiocarbonyl (C=S) groups is 1. The quantitative estimate of drug-likeness (QED) is 0.217. The Morgan fingerprint density at radius 3 is 2.58 bits per heavy atom. The third kappa shape index (κ3) is 6.58. The molecule has 1 heterocycles. The van der Waals surface area contributed by atoms with Crippen molar-refractivity contribution in [3.05, 3.63) is 68.6 Å². The topological polar surface area (TPSA) is 140 Å². The number of nitro groups is 1. The molecule has 3 amide bonds. The van der Waals surface area contributed by atoms with Crippen molar-refractivity contribution in [1.82, 2.24) is 15.8 Å². The molecule has 0 spiro atoms. The highest BCUT2D eigenvalue weighted by atomic mass is 32.2. The van der Waals surface area contributed by atoms with Gasteiger partial charge in [-0.05, 0) is 36.3 Å².